The van der Waals surface area contributed by atoms with Crippen LogP contribution in [-0.2, 0) is 14.3 Å². The Morgan fingerprint density at radius 2 is 1.79 bits per heavy atom. The number of aliphatic carboxylic acids is 1. The highest BCUT2D eigenvalue weighted by atomic mass is 16.5. The smallest absolute Gasteiger partial charge is 0.319 e. The minimum absolute atomic E-state index is 0.314. The van der Waals surface area contributed by atoms with Crippen molar-refractivity contribution in [3.63, 3.8) is 0 Å². The molecule has 5 heteroatoms. The van der Waals surface area contributed by atoms with E-state index in [0.717, 1.165) is 12.8 Å². The van der Waals surface area contributed by atoms with Gasteiger partial charge >= 0.3 is 5.97 Å². The van der Waals surface area contributed by atoms with Gasteiger partial charge in [0, 0.05) is 6.54 Å². The third-order valence-corrected chi connectivity index (χ3v) is 4.14. The van der Waals surface area contributed by atoms with Crippen LogP contribution < -0.4 is 5.32 Å². The lowest BCUT2D eigenvalue weighted by Crippen LogP contribution is -2.38. The highest BCUT2D eigenvalue weighted by molar-refractivity contribution is 6.04. The molecule has 0 radical (unpaired) electrons. The molecule has 0 aromatic rings. The topological polar surface area (TPSA) is 75.6 Å². The van der Waals surface area contributed by atoms with E-state index in [1.165, 1.54) is 25.7 Å². The van der Waals surface area contributed by atoms with E-state index in [1.54, 1.807) is 0 Å². The van der Waals surface area contributed by atoms with Crippen molar-refractivity contribution in [2.24, 2.45) is 5.41 Å². The molecule has 108 valence electrons. The van der Waals surface area contributed by atoms with Gasteiger partial charge in [-0.1, -0.05) is 25.7 Å². The summed E-state index contributed by atoms with van der Waals surface area (Å²) in [5.74, 6) is -1.36. The Morgan fingerprint density at radius 1 is 1.16 bits per heavy atom. The number of nitrogens with one attached hydrogen (secondary N) is 1. The normalized spacial score (nSPS) is 22.5. The van der Waals surface area contributed by atoms with Crippen LogP contribution in [0.3, 0.4) is 0 Å². The summed E-state index contributed by atoms with van der Waals surface area (Å²) in [6.45, 7) is 0.885. The number of carboxylic acid groups (broad SMARTS) is 1. The Balaban J connectivity index is 1.61. The molecule has 2 fully saturated rings. The van der Waals surface area contributed by atoms with E-state index in [0.29, 0.717) is 32.1 Å². The molecule has 2 aliphatic carbocycles. The Kier molecular flexibility index (Phi) is 4.80. The second kappa shape index (κ2) is 6.37. The van der Waals surface area contributed by atoms with Crippen molar-refractivity contribution in [1.82, 2.24) is 5.32 Å². The Labute approximate surface area is 113 Å². The van der Waals surface area contributed by atoms with Crippen LogP contribution in [0.1, 0.15) is 51.4 Å². The molecule has 0 aromatic carbocycles. The van der Waals surface area contributed by atoms with Gasteiger partial charge < -0.3 is 15.2 Å². The fourth-order valence-corrected chi connectivity index (χ4v) is 2.63. The quantitative estimate of drug-likeness (QED) is 0.437. The number of carbonyl (C=O) groups excluding carboxylic acids is 1. The van der Waals surface area contributed by atoms with Crippen LogP contribution in [0.2, 0.25) is 0 Å². The first-order chi connectivity index (χ1) is 9.15. The van der Waals surface area contributed by atoms with Crippen molar-refractivity contribution in [3.05, 3.63) is 0 Å². The molecule has 19 heavy (non-hydrogen) atoms. The van der Waals surface area contributed by atoms with Crippen molar-refractivity contribution in [2.45, 2.75) is 57.5 Å². The second-order valence-corrected chi connectivity index (χ2v) is 5.63. The molecule has 0 bridgehead atoms. The van der Waals surface area contributed by atoms with Gasteiger partial charge in [0.1, 0.15) is 5.41 Å². The summed E-state index contributed by atoms with van der Waals surface area (Å²) in [7, 11) is 0. The maximum absolute atomic E-state index is 11.7. The number of amides is 1. The molecule has 0 heterocycles. The number of ether oxygens (including phenoxy) is 1. The molecule has 2 rings (SSSR count). The molecule has 0 aliphatic heterocycles. The summed E-state index contributed by atoms with van der Waals surface area (Å²) in [6.07, 6.45) is 8.46. The molecule has 0 saturated heterocycles. The van der Waals surface area contributed by atoms with Crippen LogP contribution in [0, 0.1) is 5.41 Å². The average molecular weight is 269 g/mol. The molecule has 2 aliphatic rings. The lowest BCUT2D eigenvalue weighted by molar-refractivity contribution is -0.149. The van der Waals surface area contributed by atoms with Crippen LogP contribution in [-0.4, -0.2) is 36.2 Å². The zero-order chi connectivity index (χ0) is 13.7. The zero-order valence-corrected chi connectivity index (χ0v) is 11.3. The van der Waals surface area contributed by atoms with Crippen molar-refractivity contribution >= 4 is 11.9 Å². The SMILES string of the molecule is O=C(O)C1(C(=O)NCCOC2CCCCCC2)CC1. The third kappa shape index (κ3) is 3.69. The summed E-state index contributed by atoms with van der Waals surface area (Å²) < 4.78 is 5.74. The Bertz CT molecular complexity index is 330. The summed E-state index contributed by atoms with van der Waals surface area (Å²) in [6, 6.07) is 0. The largest absolute Gasteiger partial charge is 0.480 e. The fraction of sp³-hybridized carbons (Fsp3) is 0.857. The minimum Gasteiger partial charge on any atom is -0.480 e. The fourth-order valence-electron chi connectivity index (χ4n) is 2.63. The minimum atomic E-state index is -1.14. The monoisotopic (exact) mass is 269 g/mol. The van der Waals surface area contributed by atoms with Crippen LogP contribution in [0.15, 0.2) is 0 Å². The summed E-state index contributed by atoms with van der Waals surface area (Å²) >= 11 is 0. The first-order valence-electron chi connectivity index (χ1n) is 7.28. The van der Waals surface area contributed by atoms with Crippen LogP contribution in [0.25, 0.3) is 0 Å². The van der Waals surface area contributed by atoms with E-state index >= 15 is 0 Å². The maximum atomic E-state index is 11.7. The predicted molar refractivity (Wildman–Crippen MR) is 69.8 cm³/mol. The van der Waals surface area contributed by atoms with Crippen LogP contribution in [0.4, 0.5) is 0 Å². The molecular formula is C14H23NO4. The highest BCUT2D eigenvalue weighted by Gasteiger charge is 2.56. The number of carbonyl (C=O) groups is 2. The summed E-state index contributed by atoms with van der Waals surface area (Å²) in [4.78, 5) is 22.7. The zero-order valence-electron chi connectivity index (χ0n) is 11.3. The van der Waals surface area contributed by atoms with E-state index < -0.39 is 11.4 Å². The molecule has 0 atom stereocenters. The highest BCUT2D eigenvalue weighted by Crippen LogP contribution is 2.45. The van der Waals surface area contributed by atoms with Crippen molar-refractivity contribution in [1.29, 1.82) is 0 Å². The van der Waals surface area contributed by atoms with E-state index in [4.69, 9.17) is 9.84 Å². The third-order valence-electron chi connectivity index (χ3n) is 4.14. The van der Waals surface area contributed by atoms with Gasteiger partial charge in [-0.15, -0.1) is 0 Å². The number of hydrogen-bond acceptors (Lipinski definition) is 3. The van der Waals surface area contributed by atoms with Crippen molar-refractivity contribution in [3.8, 4) is 0 Å². The standard InChI is InChI=1S/C14H23NO4/c16-12(14(7-8-14)13(17)18)15-9-10-19-11-5-3-1-2-4-6-11/h11H,1-10H2,(H,15,16)(H,17,18). The van der Waals surface area contributed by atoms with Gasteiger partial charge in [0.15, 0.2) is 0 Å². The number of hydrogen-bond donors (Lipinski definition) is 2. The van der Waals surface area contributed by atoms with Gasteiger partial charge in [-0.3, -0.25) is 9.59 Å². The first-order valence-corrected chi connectivity index (χ1v) is 7.28. The van der Waals surface area contributed by atoms with Gasteiger partial charge in [0.2, 0.25) is 5.91 Å². The molecular weight excluding hydrogens is 246 g/mol. The van der Waals surface area contributed by atoms with Crippen molar-refractivity contribution < 1.29 is 19.4 Å². The summed E-state index contributed by atoms with van der Waals surface area (Å²) in [5.41, 5.74) is -1.14. The lowest BCUT2D eigenvalue weighted by atomic mass is 10.1. The summed E-state index contributed by atoms with van der Waals surface area (Å²) in [5, 5.41) is 11.7. The van der Waals surface area contributed by atoms with Crippen molar-refractivity contribution in [2.75, 3.05) is 13.2 Å². The molecule has 0 spiro atoms. The van der Waals surface area contributed by atoms with E-state index in [2.05, 4.69) is 5.32 Å². The van der Waals surface area contributed by atoms with Gasteiger partial charge in [-0.25, -0.2) is 0 Å². The number of rotatable bonds is 6. The molecule has 2 N–H and O–H groups in total. The molecule has 0 aromatic heterocycles. The molecule has 5 nitrogen and oxygen atoms in total. The van der Waals surface area contributed by atoms with Gasteiger partial charge in [-0.05, 0) is 25.7 Å². The number of carboxylic acids is 1. The maximum Gasteiger partial charge on any atom is 0.319 e. The van der Waals surface area contributed by atoms with Gasteiger partial charge in [-0.2, -0.15) is 0 Å². The Morgan fingerprint density at radius 3 is 2.32 bits per heavy atom. The second-order valence-electron chi connectivity index (χ2n) is 5.63. The lowest BCUT2D eigenvalue weighted by Gasteiger charge is -2.16. The van der Waals surface area contributed by atoms with Gasteiger partial charge in [0.05, 0.1) is 12.7 Å². The van der Waals surface area contributed by atoms with Crippen LogP contribution in [0.5, 0.6) is 0 Å². The Hall–Kier alpha value is -1.10. The van der Waals surface area contributed by atoms with E-state index in [-0.39, 0.29) is 5.91 Å². The predicted octanol–water partition coefficient (Wildman–Crippen LogP) is 1.71. The van der Waals surface area contributed by atoms with E-state index in [1.807, 2.05) is 0 Å². The molecule has 1 amide bonds. The van der Waals surface area contributed by atoms with Gasteiger partial charge in [0.25, 0.3) is 0 Å². The van der Waals surface area contributed by atoms with E-state index in [9.17, 15) is 9.59 Å². The molecule has 2 saturated carbocycles. The molecule has 0 unspecified atom stereocenters. The first kappa shape index (κ1) is 14.3. The van der Waals surface area contributed by atoms with Crippen LogP contribution >= 0.6 is 0 Å². The average Bonchev–Trinajstić information content (AvgIpc) is 3.19.